The van der Waals surface area contributed by atoms with Crippen molar-refractivity contribution in [2.75, 3.05) is 6.54 Å². The summed E-state index contributed by atoms with van der Waals surface area (Å²) in [5.74, 6) is 0.667. The molecular weight excluding hydrogens is 138 g/mol. The molecule has 60 valence electrons. The Morgan fingerprint density at radius 3 is 3.09 bits per heavy atom. The maximum absolute atomic E-state index is 5.58. The van der Waals surface area contributed by atoms with Crippen LogP contribution in [0, 0.1) is 5.92 Å². The lowest BCUT2D eigenvalue weighted by Gasteiger charge is -2.05. The quantitative estimate of drug-likeness (QED) is 0.696. The van der Waals surface area contributed by atoms with Crippen LogP contribution in [0.15, 0.2) is 23.0 Å². The van der Waals surface area contributed by atoms with Gasteiger partial charge in [0.15, 0.2) is 0 Å². The van der Waals surface area contributed by atoms with Gasteiger partial charge >= 0.3 is 0 Å². The number of hydrogen-bond donors (Lipinski definition) is 1. The molecule has 0 saturated heterocycles. The van der Waals surface area contributed by atoms with Crippen LogP contribution in [-0.2, 0) is 5.41 Å². The summed E-state index contributed by atoms with van der Waals surface area (Å²) in [7, 11) is 0. The van der Waals surface area contributed by atoms with Gasteiger partial charge in [0, 0.05) is 5.41 Å². The van der Waals surface area contributed by atoms with E-state index in [2.05, 4.69) is 6.92 Å². The Morgan fingerprint density at radius 1 is 1.82 bits per heavy atom. The average molecular weight is 151 g/mol. The van der Waals surface area contributed by atoms with E-state index in [-0.39, 0.29) is 0 Å². The standard InChI is InChI=1S/C9H13NO/c1-9(4-8(9)5-10)7-2-3-11-6-7/h2-3,6,8H,4-5,10H2,1H3. The number of hydrogen-bond acceptors (Lipinski definition) is 2. The summed E-state index contributed by atoms with van der Waals surface area (Å²) in [6, 6.07) is 2.04. The highest BCUT2D eigenvalue weighted by molar-refractivity contribution is 5.29. The lowest BCUT2D eigenvalue weighted by molar-refractivity contribution is 0.555. The van der Waals surface area contributed by atoms with Gasteiger partial charge in [-0.25, -0.2) is 0 Å². The van der Waals surface area contributed by atoms with Gasteiger partial charge in [-0.15, -0.1) is 0 Å². The third-order valence-electron chi connectivity index (χ3n) is 2.88. The molecule has 2 unspecified atom stereocenters. The van der Waals surface area contributed by atoms with Crippen LogP contribution in [0.25, 0.3) is 0 Å². The zero-order valence-electron chi connectivity index (χ0n) is 6.71. The minimum absolute atomic E-state index is 0.321. The molecule has 1 heterocycles. The van der Waals surface area contributed by atoms with E-state index in [0.717, 1.165) is 6.54 Å². The summed E-state index contributed by atoms with van der Waals surface area (Å²) >= 11 is 0. The summed E-state index contributed by atoms with van der Waals surface area (Å²) in [5, 5.41) is 0. The van der Waals surface area contributed by atoms with Crippen molar-refractivity contribution in [3.05, 3.63) is 24.2 Å². The summed E-state index contributed by atoms with van der Waals surface area (Å²) in [6.45, 7) is 3.04. The van der Waals surface area contributed by atoms with Gasteiger partial charge in [-0.2, -0.15) is 0 Å². The second-order valence-corrected chi connectivity index (χ2v) is 3.57. The minimum atomic E-state index is 0.321. The van der Waals surface area contributed by atoms with Crippen LogP contribution in [0.5, 0.6) is 0 Å². The SMILES string of the molecule is CC1(c2ccoc2)CC1CN. The largest absolute Gasteiger partial charge is 0.472 e. The highest BCUT2D eigenvalue weighted by atomic mass is 16.3. The van der Waals surface area contributed by atoms with Gasteiger partial charge in [0.2, 0.25) is 0 Å². The van der Waals surface area contributed by atoms with Crippen molar-refractivity contribution >= 4 is 0 Å². The molecule has 1 aliphatic carbocycles. The van der Waals surface area contributed by atoms with E-state index in [1.807, 2.05) is 12.3 Å². The molecular formula is C9H13NO. The van der Waals surface area contributed by atoms with Crippen molar-refractivity contribution in [3.8, 4) is 0 Å². The number of rotatable bonds is 2. The first-order valence-electron chi connectivity index (χ1n) is 4.00. The van der Waals surface area contributed by atoms with Crippen LogP contribution in [-0.4, -0.2) is 6.54 Å². The first kappa shape index (κ1) is 6.92. The maximum atomic E-state index is 5.58. The summed E-state index contributed by atoms with van der Waals surface area (Å²) in [5.41, 5.74) is 7.21. The number of nitrogens with two attached hydrogens (primary N) is 1. The van der Waals surface area contributed by atoms with Crippen LogP contribution >= 0.6 is 0 Å². The van der Waals surface area contributed by atoms with E-state index in [9.17, 15) is 0 Å². The van der Waals surface area contributed by atoms with Crippen LogP contribution < -0.4 is 5.73 Å². The molecule has 0 spiro atoms. The Morgan fingerprint density at radius 2 is 2.64 bits per heavy atom. The van der Waals surface area contributed by atoms with Gasteiger partial charge in [-0.05, 0) is 30.5 Å². The van der Waals surface area contributed by atoms with Crippen molar-refractivity contribution in [3.63, 3.8) is 0 Å². The molecule has 2 N–H and O–H groups in total. The van der Waals surface area contributed by atoms with Gasteiger partial charge in [0.1, 0.15) is 0 Å². The van der Waals surface area contributed by atoms with Crippen molar-refractivity contribution in [2.45, 2.75) is 18.8 Å². The molecule has 0 radical (unpaired) electrons. The molecule has 0 bridgehead atoms. The maximum Gasteiger partial charge on any atom is 0.0940 e. The van der Waals surface area contributed by atoms with Crippen molar-refractivity contribution in [1.29, 1.82) is 0 Å². The smallest absolute Gasteiger partial charge is 0.0940 e. The summed E-state index contributed by atoms with van der Waals surface area (Å²) < 4.78 is 5.03. The van der Waals surface area contributed by atoms with Crippen molar-refractivity contribution in [2.24, 2.45) is 11.7 Å². The van der Waals surface area contributed by atoms with Gasteiger partial charge in [0.05, 0.1) is 12.5 Å². The van der Waals surface area contributed by atoms with E-state index < -0.39 is 0 Å². The molecule has 1 fully saturated rings. The third kappa shape index (κ3) is 0.897. The molecule has 1 aliphatic rings. The Kier molecular flexibility index (Phi) is 1.33. The highest BCUT2D eigenvalue weighted by Crippen LogP contribution is 2.53. The average Bonchev–Trinajstić information content (AvgIpc) is 2.55. The lowest BCUT2D eigenvalue weighted by atomic mass is 9.99. The highest BCUT2D eigenvalue weighted by Gasteiger charge is 2.50. The van der Waals surface area contributed by atoms with E-state index in [1.165, 1.54) is 12.0 Å². The van der Waals surface area contributed by atoms with Gasteiger partial charge in [-0.1, -0.05) is 6.92 Å². The van der Waals surface area contributed by atoms with Crippen LogP contribution in [0.4, 0.5) is 0 Å². The minimum Gasteiger partial charge on any atom is -0.472 e. The van der Waals surface area contributed by atoms with Crippen molar-refractivity contribution in [1.82, 2.24) is 0 Å². The molecule has 1 saturated carbocycles. The predicted octanol–water partition coefficient (Wildman–Crippen LogP) is 1.52. The summed E-state index contributed by atoms with van der Waals surface area (Å²) in [4.78, 5) is 0. The Labute approximate surface area is 66.4 Å². The molecule has 11 heavy (non-hydrogen) atoms. The second kappa shape index (κ2) is 2.11. The van der Waals surface area contributed by atoms with Crippen molar-refractivity contribution < 1.29 is 4.42 Å². The van der Waals surface area contributed by atoms with E-state index in [0.29, 0.717) is 11.3 Å². The topological polar surface area (TPSA) is 39.2 Å². The number of furan rings is 1. The normalized spacial score (nSPS) is 35.6. The Hall–Kier alpha value is -0.760. The molecule has 2 rings (SSSR count). The monoisotopic (exact) mass is 151 g/mol. The Bertz CT molecular complexity index is 242. The van der Waals surface area contributed by atoms with Crippen LogP contribution in [0.3, 0.4) is 0 Å². The van der Waals surface area contributed by atoms with Gasteiger partial charge in [-0.3, -0.25) is 0 Å². The van der Waals surface area contributed by atoms with Crippen LogP contribution in [0.1, 0.15) is 18.9 Å². The van der Waals surface area contributed by atoms with Gasteiger partial charge in [0.25, 0.3) is 0 Å². The molecule has 2 heteroatoms. The zero-order chi connectivity index (χ0) is 7.90. The molecule has 2 atom stereocenters. The molecule has 1 aromatic heterocycles. The van der Waals surface area contributed by atoms with E-state index in [1.54, 1.807) is 6.26 Å². The zero-order valence-corrected chi connectivity index (χ0v) is 6.71. The van der Waals surface area contributed by atoms with E-state index >= 15 is 0 Å². The van der Waals surface area contributed by atoms with Crippen LogP contribution in [0.2, 0.25) is 0 Å². The second-order valence-electron chi connectivity index (χ2n) is 3.57. The fraction of sp³-hybridized carbons (Fsp3) is 0.556. The molecule has 0 amide bonds. The van der Waals surface area contributed by atoms with Gasteiger partial charge < -0.3 is 10.2 Å². The first-order valence-corrected chi connectivity index (χ1v) is 4.00. The summed E-state index contributed by atoms with van der Waals surface area (Å²) in [6.07, 6.45) is 4.77. The fourth-order valence-electron chi connectivity index (χ4n) is 1.74. The fourth-order valence-corrected chi connectivity index (χ4v) is 1.74. The Balaban J connectivity index is 2.19. The molecule has 0 aliphatic heterocycles. The predicted molar refractivity (Wildman–Crippen MR) is 43.2 cm³/mol. The third-order valence-corrected chi connectivity index (χ3v) is 2.88. The molecule has 0 aromatic carbocycles. The first-order chi connectivity index (χ1) is 5.27. The molecule has 1 aromatic rings. The van der Waals surface area contributed by atoms with E-state index in [4.69, 9.17) is 10.2 Å². The lowest BCUT2D eigenvalue weighted by Crippen LogP contribution is -2.10. The molecule has 2 nitrogen and oxygen atoms in total.